The molecule has 0 saturated carbocycles. The molecule has 0 fully saturated rings. The fraction of sp³-hybridized carbons (Fsp3) is 0.0556. The fourth-order valence-electron chi connectivity index (χ4n) is 2.53. The van der Waals surface area contributed by atoms with E-state index in [1.54, 1.807) is 47.6 Å². The highest BCUT2D eigenvalue weighted by atomic mass is 16.6. The first kappa shape index (κ1) is 14.2. The van der Waals surface area contributed by atoms with Gasteiger partial charge in [0, 0.05) is 24.0 Å². The number of benzene rings is 1. The van der Waals surface area contributed by atoms with Gasteiger partial charge in [0.15, 0.2) is 11.5 Å². The number of hydrogen-bond acceptors (Lipinski definition) is 5. The highest BCUT2D eigenvalue weighted by Crippen LogP contribution is 2.32. The standard InChI is InChI=1S/C18H13N3O3/c1-23-16-6-12-4-5-19-8-14(12)7-17(16)24-18(22)13-2-3-15-9-20-11-21(15)10-13/h2-11H,1H3. The van der Waals surface area contributed by atoms with E-state index >= 15 is 0 Å². The number of ether oxygens (including phenoxy) is 2. The Morgan fingerprint density at radius 3 is 2.79 bits per heavy atom. The van der Waals surface area contributed by atoms with E-state index in [1.807, 2.05) is 18.2 Å². The molecule has 24 heavy (non-hydrogen) atoms. The summed E-state index contributed by atoms with van der Waals surface area (Å²) >= 11 is 0. The molecule has 0 amide bonds. The van der Waals surface area contributed by atoms with Crippen molar-refractivity contribution in [2.24, 2.45) is 0 Å². The summed E-state index contributed by atoms with van der Waals surface area (Å²) in [5.41, 5.74) is 1.33. The SMILES string of the molecule is COc1cc2ccncc2cc1OC(=O)c1ccc2cncn2c1. The van der Waals surface area contributed by atoms with Gasteiger partial charge < -0.3 is 13.9 Å². The van der Waals surface area contributed by atoms with E-state index in [-0.39, 0.29) is 0 Å². The van der Waals surface area contributed by atoms with Crippen LogP contribution in [0.1, 0.15) is 10.4 Å². The third kappa shape index (κ3) is 2.44. The third-order valence-electron chi connectivity index (χ3n) is 3.77. The van der Waals surface area contributed by atoms with Crippen LogP contribution in [0.4, 0.5) is 0 Å². The molecular weight excluding hydrogens is 306 g/mol. The molecule has 0 radical (unpaired) electrons. The Balaban J connectivity index is 1.70. The molecule has 3 aromatic heterocycles. The van der Waals surface area contributed by atoms with Crippen molar-refractivity contribution in [1.82, 2.24) is 14.4 Å². The number of imidazole rings is 1. The maximum atomic E-state index is 12.5. The first-order valence-corrected chi connectivity index (χ1v) is 7.30. The summed E-state index contributed by atoms with van der Waals surface area (Å²) in [4.78, 5) is 20.6. The van der Waals surface area contributed by atoms with Gasteiger partial charge in [-0.25, -0.2) is 9.78 Å². The minimum absolute atomic E-state index is 0.355. The van der Waals surface area contributed by atoms with Crippen LogP contribution in [0.5, 0.6) is 11.5 Å². The van der Waals surface area contributed by atoms with Crippen molar-refractivity contribution in [2.45, 2.75) is 0 Å². The zero-order chi connectivity index (χ0) is 16.5. The van der Waals surface area contributed by atoms with Crippen LogP contribution in [-0.4, -0.2) is 27.4 Å². The average molecular weight is 319 g/mol. The summed E-state index contributed by atoms with van der Waals surface area (Å²) in [6.45, 7) is 0. The zero-order valence-electron chi connectivity index (χ0n) is 12.8. The molecule has 0 aliphatic heterocycles. The molecule has 0 unspecified atom stereocenters. The lowest BCUT2D eigenvalue weighted by molar-refractivity contribution is 0.0729. The molecular formula is C18H13N3O3. The molecule has 3 heterocycles. The second-order valence-corrected chi connectivity index (χ2v) is 5.26. The van der Waals surface area contributed by atoms with Crippen molar-refractivity contribution in [1.29, 1.82) is 0 Å². The van der Waals surface area contributed by atoms with Crippen LogP contribution in [0, 0.1) is 0 Å². The van der Waals surface area contributed by atoms with Crippen molar-refractivity contribution in [2.75, 3.05) is 7.11 Å². The third-order valence-corrected chi connectivity index (χ3v) is 3.77. The van der Waals surface area contributed by atoms with Crippen LogP contribution in [0.25, 0.3) is 16.3 Å². The van der Waals surface area contributed by atoms with Crippen molar-refractivity contribution < 1.29 is 14.3 Å². The van der Waals surface area contributed by atoms with E-state index in [2.05, 4.69) is 9.97 Å². The van der Waals surface area contributed by atoms with E-state index in [0.717, 1.165) is 16.3 Å². The Bertz CT molecular complexity index is 1060. The molecule has 0 N–H and O–H groups in total. The maximum absolute atomic E-state index is 12.5. The molecule has 0 aliphatic carbocycles. The zero-order valence-corrected chi connectivity index (χ0v) is 12.8. The van der Waals surface area contributed by atoms with Crippen molar-refractivity contribution in [3.05, 3.63) is 67.0 Å². The van der Waals surface area contributed by atoms with Gasteiger partial charge in [0.25, 0.3) is 0 Å². The molecule has 1 aromatic carbocycles. The molecule has 0 bridgehead atoms. The first-order chi connectivity index (χ1) is 11.7. The minimum Gasteiger partial charge on any atom is -0.493 e. The van der Waals surface area contributed by atoms with E-state index in [9.17, 15) is 4.79 Å². The highest BCUT2D eigenvalue weighted by molar-refractivity contribution is 5.93. The number of fused-ring (bicyclic) bond motifs is 2. The van der Waals surface area contributed by atoms with Gasteiger partial charge in [-0.15, -0.1) is 0 Å². The Morgan fingerprint density at radius 2 is 1.92 bits per heavy atom. The fourth-order valence-corrected chi connectivity index (χ4v) is 2.53. The first-order valence-electron chi connectivity index (χ1n) is 7.30. The predicted octanol–water partition coefficient (Wildman–Crippen LogP) is 3.11. The van der Waals surface area contributed by atoms with Crippen molar-refractivity contribution in [3.8, 4) is 11.5 Å². The van der Waals surface area contributed by atoms with Gasteiger partial charge in [0.1, 0.15) is 0 Å². The number of aromatic nitrogens is 3. The van der Waals surface area contributed by atoms with Crippen LogP contribution in [0.3, 0.4) is 0 Å². The second kappa shape index (κ2) is 5.66. The number of carbonyl (C=O) groups excluding carboxylic acids is 1. The monoisotopic (exact) mass is 319 g/mol. The lowest BCUT2D eigenvalue weighted by Crippen LogP contribution is -2.10. The van der Waals surface area contributed by atoms with Crippen LogP contribution in [0.15, 0.2) is 61.4 Å². The second-order valence-electron chi connectivity index (χ2n) is 5.26. The van der Waals surface area contributed by atoms with Gasteiger partial charge >= 0.3 is 5.97 Å². The summed E-state index contributed by atoms with van der Waals surface area (Å²) in [6, 6.07) is 8.95. The van der Waals surface area contributed by atoms with E-state index in [4.69, 9.17) is 9.47 Å². The van der Waals surface area contributed by atoms with Gasteiger partial charge in [0.2, 0.25) is 0 Å². The van der Waals surface area contributed by atoms with E-state index < -0.39 is 5.97 Å². The molecule has 4 aromatic rings. The van der Waals surface area contributed by atoms with Crippen LogP contribution >= 0.6 is 0 Å². The Morgan fingerprint density at radius 1 is 1.04 bits per heavy atom. The van der Waals surface area contributed by atoms with Gasteiger partial charge in [-0.2, -0.15) is 0 Å². The lowest BCUT2D eigenvalue weighted by Gasteiger charge is -2.11. The normalized spacial score (nSPS) is 10.9. The molecule has 0 aliphatic rings. The summed E-state index contributed by atoms with van der Waals surface area (Å²) in [5.74, 6) is 0.381. The smallest absolute Gasteiger partial charge is 0.345 e. The predicted molar refractivity (Wildman–Crippen MR) is 88.4 cm³/mol. The van der Waals surface area contributed by atoms with E-state index in [1.165, 1.54) is 7.11 Å². The molecule has 0 atom stereocenters. The quantitative estimate of drug-likeness (QED) is 0.429. The number of carbonyl (C=O) groups is 1. The Kier molecular flexibility index (Phi) is 3.35. The van der Waals surface area contributed by atoms with Gasteiger partial charge in [-0.05, 0) is 35.7 Å². The summed E-state index contributed by atoms with van der Waals surface area (Å²) in [6.07, 6.45) is 8.44. The Hall–Kier alpha value is -3.41. The summed E-state index contributed by atoms with van der Waals surface area (Å²) < 4.78 is 12.6. The van der Waals surface area contributed by atoms with Gasteiger partial charge in [-0.1, -0.05) is 0 Å². The largest absolute Gasteiger partial charge is 0.493 e. The van der Waals surface area contributed by atoms with Crippen LogP contribution < -0.4 is 9.47 Å². The molecule has 6 heteroatoms. The average Bonchev–Trinajstić information content (AvgIpc) is 3.08. The van der Waals surface area contributed by atoms with Crippen LogP contribution in [-0.2, 0) is 0 Å². The molecule has 6 nitrogen and oxygen atoms in total. The van der Waals surface area contributed by atoms with Gasteiger partial charge in [0.05, 0.1) is 30.7 Å². The number of methoxy groups -OCH3 is 1. The molecule has 0 saturated heterocycles. The summed E-state index contributed by atoms with van der Waals surface area (Å²) in [5, 5.41) is 1.83. The summed E-state index contributed by atoms with van der Waals surface area (Å²) in [7, 11) is 1.54. The van der Waals surface area contributed by atoms with Crippen molar-refractivity contribution in [3.63, 3.8) is 0 Å². The van der Waals surface area contributed by atoms with Crippen molar-refractivity contribution >= 4 is 22.3 Å². The number of pyridine rings is 2. The molecule has 0 spiro atoms. The number of nitrogens with zero attached hydrogens (tertiary/aromatic N) is 3. The van der Waals surface area contributed by atoms with E-state index in [0.29, 0.717) is 17.1 Å². The molecule has 118 valence electrons. The number of esters is 1. The maximum Gasteiger partial charge on any atom is 0.345 e. The topological polar surface area (TPSA) is 65.7 Å². The molecule has 4 rings (SSSR count). The Labute approximate surface area is 137 Å². The number of rotatable bonds is 3. The van der Waals surface area contributed by atoms with Gasteiger partial charge in [-0.3, -0.25) is 4.98 Å². The lowest BCUT2D eigenvalue weighted by atomic mass is 10.1. The van der Waals surface area contributed by atoms with Crippen LogP contribution in [0.2, 0.25) is 0 Å². The minimum atomic E-state index is -0.466. The number of hydrogen-bond donors (Lipinski definition) is 0. The highest BCUT2D eigenvalue weighted by Gasteiger charge is 2.14.